The largest absolute Gasteiger partial charge is 0.468 e. The Labute approximate surface area is 138 Å². The van der Waals surface area contributed by atoms with E-state index >= 15 is 0 Å². The number of rotatable bonds is 7. The number of furan rings is 2. The van der Waals surface area contributed by atoms with E-state index in [0.717, 1.165) is 41.8 Å². The van der Waals surface area contributed by atoms with Crippen LogP contribution in [0.5, 0.6) is 0 Å². The van der Waals surface area contributed by atoms with Gasteiger partial charge in [-0.05, 0) is 24.3 Å². The average Bonchev–Trinajstić information content (AvgIpc) is 3.25. The summed E-state index contributed by atoms with van der Waals surface area (Å²) >= 11 is 3.43. The second kappa shape index (κ2) is 7.33. The van der Waals surface area contributed by atoms with Gasteiger partial charge < -0.3 is 13.7 Å². The lowest BCUT2D eigenvalue weighted by atomic mass is 10.3. The highest BCUT2D eigenvalue weighted by Crippen LogP contribution is 2.39. The van der Waals surface area contributed by atoms with Gasteiger partial charge in [-0.25, -0.2) is 0 Å². The molecule has 0 saturated carbocycles. The zero-order chi connectivity index (χ0) is 15.4. The number of carbonyl (C=O) groups is 1. The second-order valence-electron chi connectivity index (χ2n) is 5.04. The van der Waals surface area contributed by atoms with Crippen molar-refractivity contribution in [3.05, 3.63) is 47.8 Å². The smallest absolute Gasteiger partial charge is 0.233 e. The molecule has 0 aliphatic carbocycles. The van der Waals surface area contributed by atoms with E-state index in [4.69, 9.17) is 8.83 Å². The monoisotopic (exact) mass is 337 g/mol. The molecular formula is C16H19NO3S2. The predicted octanol–water partition coefficient (Wildman–Crippen LogP) is 3.94. The van der Waals surface area contributed by atoms with E-state index in [9.17, 15) is 4.79 Å². The standard InChI is InChI=1S/C16H19NO3S2/c1-2-12-5-6-14(20-12)16-17(15(18)11-22-16)7-9-21-10-13-4-3-8-19-13/h3-6,8,16H,2,7,9-11H2,1H3. The molecule has 2 aromatic heterocycles. The van der Waals surface area contributed by atoms with Crippen molar-refractivity contribution in [1.29, 1.82) is 0 Å². The predicted molar refractivity (Wildman–Crippen MR) is 89.9 cm³/mol. The van der Waals surface area contributed by atoms with Crippen molar-refractivity contribution in [2.45, 2.75) is 24.5 Å². The quantitative estimate of drug-likeness (QED) is 0.716. The van der Waals surface area contributed by atoms with Crippen LogP contribution in [-0.2, 0) is 17.0 Å². The fraction of sp³-hybridized carbons (Fsp3) is 0.438. The highest BCUT2D eigenvalue weighted by atomic mass is 32.2. The van der Waals surface area contributed by atoms with Crippen LogP contribution >= 0.6 is 23.5 Å². The van der Waals surface area contributed by atoms with Gasteiger partial charge in [0.05, 0.1) is 17.8 Å². The maximum absolute atomic E-state index is 12.1. The number of nitrogens with zero attached hydrogens (tertiary/aromatic N) is 1. The maximum atomic E-state index is 12.1. The molecule has 1 saturated heterocycles. The third kappa shape index (κ3) is 3.55. The molecule has 4 nitrogen and oxygen atoms in total. The van der Waals surface area contributed by atoms with E-state index in [-0.39, 0.29) is 11.3 Å². The van der Waals surface area contributed by atoms with Crippen LogP contribution in [0.15, 0.2) is 39.4 Å². The van der Waals surface area contributed by atoms with Crippen molar-refractivity contribution in [2.24, 2.45) is 0 Å². The molecule has 0 spiro atoms. The summed E-state index contributed by atoms with van der Waals surface area (Å²) in [6.07, 6.45) is 2.57. The third-order valence-electron chi connectivity index (χ3n) is 3.54. The van der Waals surface area contributed by atoms with Gasteiger partial charge in [0.25, 0.3) is 0 Å². The minimum atomic E-state index is 0.0250. The molecule has 1 amide bonds. The molecule has 2 aromatic rings. The molecule has 1 unspecified atom stereocenters. The van der Waals surface area contributed by atoms with Crippen LogP contribution in [0.1, 0.15) is 29.6 Å². The fourth-order valence-corrected chi connectivity index (χ4v) is 4.37. The normalized spacial score (nSPS) is 18.3. The summed E-state index contributed by atoms with van der Waals surface area (Å²) in [7, 11) is 0. The number of amides is 1. The van der Waals surface area contributed by atoms with Gasteiger partial charge in [0.1, 0.15) is 22.7 Å². The van der Waals surface area contributed by atoms with Crippen LogP contribution in [0, 0.1) is 0 Å². The first-order valence-corrected chi connectivity index (χ1v) is 9.58. The molecule has 0 aromatic carbocycles. The summed E-state index contributed by atoms with van der Waals surface area (Å²) in [6.45, 7) is 2.81. The van der Waals surface area contributed by atoms with Crippen molar-refractivity contribution in [1.82, 2.24) is 4.90 Å². The molecule has 1 aliphatic rings. The first-order chi connectivity index (χ1) is 10.8. The number of hydrogen-bond acceptors (Lipinski definition) is 5. The Morgan fingerprint density at radius 2 is 2.27 bits per heavy atom. The van der Waals surface area contributed by atoms with Crippen LogP contribution in [0.4, 0.5) is 0 Å². The molecule has 3 heterocycles. The Bertz CT molecular complexity index is 609. The summed E-state index contributed by atoms with van der Waals surface area (Å²) in [4.78, 5) is 14.0. The van der Waals surface area contributed by atoms with E-state index in [1.807, 2.05) is 29.2 Å². The zero-order valence-electron chi connectivity index (χ0n) is 12.5. The Kier molecular flexibility index (Phi) is 5.20. The van der Waals surface area contributed by atoms with Gasteiger partial charge in [0.2, 0.25) is 5.91 Å². The Morgan fingerprint density at radius 3 is 3.00 bits per heavy atom. The molecule has 22 heavy (non-hydrogen) atoms. The van der Waals surface area contributed by atoms with E-state index in [1.165, 1.54) is 0 Å². The Balaban J connectivity index is 1.54. The van der Waals surface area contributed by atoms with Gasteiger partial charge >= 0.3 is 0 Å². The summed E-state index contributed by atoms with van der Waals surface area (Å²) in [5.41, 5.74) is 0. The summed E-state index contributed by atoms with van der Waals surface area (Å²) in [5, 5.41) is 0.0250. The molecule has 0 bridgehead atoms. The highest BCUT2D eigenvalue weighted by molar-refractivity contribution is 8.00. The lowest BCUT2D eigenvalue weighted by molar-refractivity contribution is -0.128. The van der Waals surface area contributed by atoms with Crippen LogP contribution < -0.4 is 0 Å². The van der Waals surface area contributed by atoms with Gasteiger partial charge in [-0.3, -0.25) is 4.79 Å². The summed E-state index contributed by atoms with van der Waals surface area (Å²) < 4.78 is 11.1. The van der Waals surface area contributed by atoms with E-state index in [2.05, 4.69) is 6.92 Å². The fourth-order valence-electron chi connectivity index (χ4n) is 2.38. The van der Waals surface area contributed by atoms with Gasteiger partial charge in [-0.15, -0.1) is 11.8 Å². The van der Waals surface area contributed by atoms with E-state index in [1.54, 1.807) is 29.8 Å². The van der Waals surface area contributed by atoms with E-state index < -0.39 is 0 Å². The van der Waals surface area contributed by atoms with Crippen molar-refractivity contribution in [3.8, 4) is 0 Å². The average molecular weight is 337 g/mol. The molecule has 1 aliphatic heterocycles. The van der Waals surface area contributed by atoms with Gasteiger partial charge in [-0.1, -0.05) is 6.92 Å². The van der Waals surface area contributed by atoms with Gasteiger partial charge in [0.15, 0.2) is 0 Å². The molecule has 1 atom stereocenters. The third-order valence-corrected chi connectivity index (χ3v) is 5.72. The Hall–Kier alpha value is -1.27. The number of carbonyl (C=O) groups excluding carboxylic acids is 1. The van der Waals surface area contributed by atoms with Crippen LogP contribution in [0.2, 0.25) is 0 Å². The molecule has 1 fully saturated rings. The summed E-state index contributed by atoms with van der Waals surface area (Å²) in [5.74, 6) is 5.31. The van der Waals surface area contributed by atoms with Crippen LogP contribution in [-0.4, -0.2) is 28.9 Å². The Morgan fingerprint density at radius 1 is 1.36 bits per heavy atom. The first-order valence-electron chi connectivity index (χ1n) is 7.37. The lowest BCUT2D eigenvalue weighted by Gasteiger charge is -2.22. The van der Waals surface area contributed by atoms with E-state index in [0.29, 0.717) is 5.75 Å². The molecule has 3 rings (SSSR count). The molecule has 118 valence electrons. The van der Waals surface area contributed by atoms with Gasteiger partial charge in [0, 0.05) is 18.7 Å². The van der Waals surface area contributed by atoms with Crippen molar-refractivity contribution < 1.29 is 13.6 Å². The molecular weight excluding hydrogens is 318 g/mol. The SMILES string of the molecule is CCc1ccc(C2SCC(=O)N2CCSCc2ccco2)o1. The summed E-state index contributed by atoms with van der Waals surface area (Å²) in [6, 6.07) is 7.87. The number of thioether (sulfide) groups is 2. The minimum Gasteiger partial charge on any atom is -0.468 e. The van der Waals surface area contributed by atoms with Gasteiger partial charge in [-0.2, -0.15) is 11.8 Å². The molecule has 6 heteroatoms. The maximum Gasteiger partial charge on any atom is 0.233 e. The van der Waals surface area contributed by atoms with Crippen LogP contribution in [0.25, 0.3) is 0 Å². The molecule has 0 radical (unpaired) electrons. The van der Waals surface area contributed by atoms with Crippen molar-refractivity contribution in [3.63, 3.8) is 0 Å². The van der Waals surface area contributed by atoms with Crippen molar-refractivity contribution >= 4 is 29.4 Å². The number of aryl methyl sites for hydroxylation is 1. The van der Waals surface area contributed by atoms with Crippen molar-refractivity contribution in [2.75, 3.05) is 18.1 Å². The topological polar surface area (TPSA) is 46.6 Å². The first kappa shape index (κ1) is 15.6. The zero-order valence-corrected chi connectivity index (χ0v) is 14.1. The second-order valence-corrected chi connectivity index (χ2v) is 7.21. The lowest BCUT2D eigenvalue weighted by Crippen LogP contribution is -2.30. The minimum absolute atomic E-state index is 0.0250. The highest BCUT2D eigenvalue weighted by Gasteiger charge is 2.34. The number of hydrogen-bond donors (Lipinski definition) is 0. The van der Waals surface area contributed by atoms with Crippen LogP contribution in [0.3, 0.4) is 0 Å². The molecule has 0 N–H and O–H groups in total.